The van der Waals surface area contributed by atoms with Crippen molar-refractivity contribution in [1.29, 1.82) is 0 Å². The van der Waals surface area contributed by atoms with Crippen molar-refractivity contribution in [1.82, 2.24) is 20.4 Å². The Morgan fingerprint density at radius 3 is 2.70 bits per heavy atom. The van der Waals surface area contributed by atoms with Crippen LogP contribution in [-0.2, 0) is 23.2 Å². The first-order chi connectivity index (χ1) is 17.8. The fourth-order valence-electron chi connectivity index (χ4n) is 4.80. The Kier molecular flexibility index (Phi) is 8.98. The van der Waals surface area contributed by atoms with Gasteiger partial charge in [0.05, 0.1) is 19.1 Å². The van der Waals surface area contributed by atoms with Crippen molar-refractivity contribution in [2.24, 2.45) is 5.92 Å². The van der Waals surface area contributed by atoms with Crippen LogP contribution in [0.25, 0.3) is 11.4 Å². The lowest BCUT2D eigenvalue weighted by molar-refractivity contribution is -0.126. The molecule has 0 bridgehead atoms. The maximum atomic E-state index is 12.9. The van der Waals surface area contributed by atoms with E-state index in [9.17, 15) is 4.79 Å². The lowest BCUT2D eigenvalue weighted by Gasteiger charge is -2.30. The summed E-state index contributed by atoms with van der Waals surface area (Å²) in [6.07, 6.45) is 3.65. The van der Waals surface area contributed by atoms with Crippen molar-refractivity contribution >= 4 is 5.91 Å². The number of ether oxygens (including phenoxy) is 1. The molecule has 2 aromatic carbocycles. The average Bonchev–Trinajstić information content (AvgIpc) is 3.36. The Balaban J connectivity index is 1.24. The van der Waals surface area contributed by atoms with Crippen molar-refractivity contribution in [3.05, 3.63) is 65.5 Å². The number of aromatic nitrogens is 2. The van der Waals surface area contributed by atoms with E-state index in [1.54, 1.807) is 0 Å². The number of hydrogen-bond donors (Lipinski definition) is 1. The van der Waals surface area contributed by atoms with Gasteiger partial charge in [-0.2, -0.15) is 4.98 Å². The van der Waals surface area contributed by atoms with Gasteiger partial charge >= 0.3 is 0 Å². The molecule has 4 rings (SSSR count). The Hall–Kier alpha value is -3.19. The largest absolute Gasteiger partial charge is 0.494 e. The van der Waals surface area contributed by atoms with E-state index in [0.29, 0.717) is 38.0 Å². The minimum absolute atomic E-state index is 0.0169. The van der Waals surface area contributed by atoms with Crippen LogP contribution < -0.4 is 10.1 Å². The minimum Gasteiger partial charge on any atom is -0.494 e. The van der Waals surface area contributed by atoms with Gasteiger partial charge < -0.3 is 14.6 Å². The van der Waals surface area contributed by atoms with Gasteiger partial charge in [0.15, 0.2) is 0 Å². The molecule has 0 aliphatic carbocycles. The van der Waals surface area contributed by atoms with Gasteiger partial charge in [-0.1, -0.05) is 68.4 Å². The first-order valence-corrected chi connectivity index (χ1v) is 13.5. The molecule has 2 heterocycles. The SMILES string of the molecule is CCOc1ccccc1CCCNC(=O)C1CCCN(Cc2nc(-c3ccc(C(C)(C)C)cc3)no2)C1. The molecule has 7 nitrogen and oxygen atoms in total. The van der Waals surface area contributed by atoms with Crippen LogP contribution >= 0.6 is 0 Å². The second kappa shape index (κ2) is 12.4. The van der Waals surface area contributed by atoms with Crippen LogP contribution in [0.1, 0.15) is 64.0 Å². The Labute approximate surface area is 220 Å². The Bertz CT molecular complexity index is 1150. The van der Waals surface area contributed by atoms with Gasteiger partial charge in [0.25, 0.3) is 0 Å². The average molecular weight is 505 g/mol. The molecule has 37 heavy (non-hydrogen) atoms. The summed E-state index contributed by atoms with van der Waals surface area (Å²) >= 11 is 0. The highest BCUT2D eigenvalue weighted by Crippen LogP contribution is 2.26. The second-order valence-corrected chi connectivity index (χ2v) is 10.8. The predicted molar refractivity (Wildman–Crippen MR) is 145 cm³/mol. The normalized spacial score (nSPS) is 16.5. The van der Waals surface area contributed by atoms with Crippen molar-refractivity contribution in [3.63, 3.8) is 0 Å². The first-order valence-electron chi connectivity index (χ1n) is 13.5. The number of likely N-dealkylation sites (tertiary alicyclic amines) is 1. The van der Waals surface area contributed by atoms with E-state index in [-0.39, 0.29) is 17.2 Å². The highest BCUT2D eigenvalue weighted by molar-refractivity contribution is 5.78. The summed E-state index contributed by atoms with van der Waals surface area (Å²) in [7, 11) is 0. The molecule has 1 saturated heterocycles. The molecule has 0 saturated carbocycles. The number of rotatable bonds is 10. The first kappa shape index (κ1) is 26.9. The van der Waals surface area contributed by atoms with E-state index >= 15 is 0 Å². The summed E-state index contributed by atoms with van der Waals surface area (Å²) in [5.41, 5.74) is 3.51. The molecule has 1 atom stereocenters. The summed E-state index contributed by atoms with van der Waals surface area (Å²) < 4.78 is 11.3. The van der Waals surface area contributed by atoms with E-state index in [2.05, 4.69) is 59.3 Å². The van der Waals surface area contributed by atoms with E-state index in [1.165, 1.54) is 11.1 Å². The molecule has 7 heteroatoms. The molecule has 1 aliphatic rings. The van der Waals surface area contributed by atoms with Gasteiger partial charge in [-0.3, -0.25) is 9.69 Å². The minimum atomic E-state index is -0.0169. The monoisotopic (exact) mass is 504 g/mol. The van der Waals surface area contributed by atoms with Crippen molar-refractivity contribution in [2.45, 2.75) is 65.3 Å². The molecule has 1 unspecified atom stereocenters. The smallest absolute Gasteiger partial charge is 0.241 e. The zero-order valence-corrected chi connectivity index (χ0v) is 22.6. The number of nitrogens with one attached hydrogen (secondary N) is 1. The number of carbonyl (C=O) groups is 1. The molecule has 198 valence electrons. The van der Waals surface area contributed by atoms with Crippen LogP contribution in [0.2, 0.25) is 0 Å². The number of carbonyl (C=O) groups excluding carboxylic acids is 1. The van der Waals surface area contributed by atoms with Gasteiger partial charge in [0, 0.05) is 18.7 Å². The van der Waals surface area contributed by atoms with Crippen molar-refractivity contribution in [2.75, 3.05) is 26.2 Å². The van der Waals surface area contributed by atoms with Crippen molar-refractivity contribution < 1.29 is 14.1 Å². The summed E-state index contributed by atoms with van der Waals surface area (Å²) in [6.45, 7) is 12.1. The molecular formula is C30H40N4O3. The van der Waals surface area contributed by atoms with E-state index in [4.69, 9.17) is 9.26 Å². The maximum Gasteiger partial charge on any atom is 0.241 e. The molecule has 0 radical (unpaired) electrons. The van der Waals surface area contributed by atoms with Gasteiger partial charge in [-0.15, -0.1) is 0 Å². The zero-order chi connectivity index (χ0) is 26.3. The molecule has 3 aromatic rings. The summed E-state index contributed by atoms with van der Waals surface area (Å²) in [5, 5.41) is 7.33. The highest BCUT2D eigenvalue weighted by atomic mass is 16.5. The zero-order valence-electron chi connectivity index (χ0n) is 22.6. The fourth-order valence-corrected chi connectivity index (χ4v) is 4.80. The Morgan fingerprint density at radius 1 is 1.16 bits per heavy atom. The lowest BCUT2D eigenvalue weighted by Crippen LogP contribution is -2.43. The van der Waals surface area contributed by atoms with Gasteiger partial charge in [0.1, 0.15) is 5.75 Å². The third-order valence-corrected chi connectivity index (χ3v) is 6.91. The standard InChI is InChI=1S/C30H40N4O3/c1-5-36-26-13-7-6-10-22(26)11-8-18-31-29(35)24-12-9-19-34(20-24)21-27-32-28(33-37-27)23-14-16-25(17-15-23)30(2,3)4/h6-7,10,13-17,24H,5,8-9,11-12,18-21H2,1-4H3,(H,31,35). The third-order valence-electron chi connectivity index (χ3n) is 6.91. The fraction of sp³-hybridized carbons (Fsp3) is 0.500. The summed E-state index contributed by atoms with van der Waals surface area (Å²) in [4.78, 5) is 19.7. The summed E-state index contributed by atoms with van der Waals surface area (Å²) in [5.74, 6) is 2.24. The van der Waals surface area contributed by atoms with Crippen LogP contribution in [0.5, 0.6) is 5.75 Å². The number of hydrogen-bond acceptors (Lipinski definition) is 6. The number of para-hydroxylation sites is 1. The maximum absolute atomic E-state index is 12.9. The molecule has 1 fully saturated rings. The molecule has 1 aliphatic heterocycles. The van der Waals surface area contributed by atoms with Crippen LogP contribution in [0, 0.1) is 5.92 Å². The topological polar surface area (TPSA) is 80.5 Å². The quantitative estimate of drug-likeness (QED) is 0.373. The van der Waals surface area contributed by atoms with Crippen LogP contribution in [0.4, 0.5) is 0 Å². The predicted octanol–water partition coefficient (Wildman–Crippen LogP) is 5.39. The molecular weight excluding hydrogens is 464 g/mol. The van der Waals surface area contributed by atoms with E-state index in [1.807, 2.05) is 37.3 Å². The van der Waals surface area contributed by atoms with Crippen LogP contribution in [0.3, 0.4) is 0 Å². The number of benzene rings is 2. The molecule has 1 aromatic heterocycles. The number of piperidine rings is 1. The number of aryl methyl sites for hydroxylation is 1. The second-order valence-electron chi connectivity index (χ2n) is 10.8. The third kappa shape index (κ3) is 7.41. The number of nitrogens with zero attached hydrogens (tertiary/aromatic N) is 3. The molecule has 1 amide bonds. The van der Waals surface area contributed by atoms with Gasteiger partial charge in [-0.05, 0) is 61.8 Å². The van der Waals surface area contributed by atoms with E-state index < -0.39 is 0 Å². The lowest BCUT2D eigenvalue weighted by atomic mass is 9.87. The van der Waals surface area contributed by atoms with E-state index in [0.717, 1.165) is 43.5 Å². The molecule has 0 spiro atoms. The highest BCUT2D eigenvalue weighted by Gasteiger charge is 2.27. The molecule has 1 N–H and O–H groups in total. The van der Waals surface area contributed by atoms with Crippen molar-refractivity contribution in [3.8, 4) is 17.1 Å². The number of amides is 1. The van der Waals surface area contributed by atoms with Crippen LogP contribution in [-0.4, -0.2) is 47.2 Å². The van der Waals surface area contributed by atoms with Gasteiger partial charge in [-0.25, -0.2) is 0 Å². The Morgan fingerprint density at radius 2 is 1.95 bits per heavy atom. The van der Waals surface area contributed by atoms with Gasteiger partial charge in [0.2, 0.25) is 17.6 Å². The summed E-state index contributed by atoms with van der Waals surface area (Å²) in [6, 6.07) is 16.5. The van der Waals surface area contributed by atoms with Crippen LogP contribution in [0.15, 0.2) is 53.1 Å².